The Balaban J connectivity index is 2.76. The molecule has 1 aromatic rings. The zero-order valence-corrected chi connectivity index (χ0v) is 8.78. The SMILES string of the molecule is Cc1nccnc1N(C)CC(C)C. The van der Waals surface area contributed by atoms with Crippen LogP contribution in [0, 0.1) is 12.8 Å². The van der Waals surface area contributed by atoms with Crippen LogP contribution < -0.4 is 4.90 Å². The first-order valence-electron chi connectivity index (χ1n) is 4.60. The van der Waals surface area contributed by atoms with Crippen LogP contribution in [0.25, 0.3) is 0 Å². The lowest BCUT2D eigenvalue weighted by molar-refractivity contribution is 0.633. The van der Waals surface area contributed by atoms with Crippen LogP contribution >= 0.6 is 0 Å². The summed E-state index contributed by atoms with van der Waals surface area (Å²) in [5, 5.41) is 0. The fourth-order valence-electron chi connectivity index (χ4n) is 1.41. The molecular weight excluding hydrogens is 162 g/mol. The van der Waals surface area contributed by atoms with Crippen molar-refractivity contribution in [2.24, 2.45) is 5.92 Å². The maximum atomic E-state index is 4.29. The van der Waals surface area contributed by atoms with E-state index in [0.717, 1.165) is 18.1 Å². The molecule has 1 rings (SSSR count). The maximum Gasteiger partial charge on any atom is 0.149 e. The van der Waals surface area contributed by atoms with E-state index in [1.54, 1.807) is 12.4 Å². The van der Waals surface area contributed by atoms with Crippen molar-refractivity contribution in [2.75, 3.05) is 18.5 Å². The zero-order chi connectivity index (χ0) is 9.84. The van der Waals surface area contributed by atoms with Crippen LogP contribution in [0.2, 0.25) is 0 Å². The third-order valence-corrected chi connectivity index (χ3v) is 1.86. The monoisotopic (exact) mass is 179 g/mol. The number of nitrogens with zero attached hydrogens (tertiary/aromatic N) is 3. The molecule has 0 aliphatic rings. The predicted molar refractivity (Wildman–Crippen MR) is 54.9 cm³/mol. The van der Waals surface area contributed by atoms with E-state index in [1.807, 2.05) is 6.92 Å². The van der Waals surface area contributed by atoms with Gasteiger partial charge in [-0.2, -0.15) is 0 Å². The fourth-order valence-corrected chi connectivity index (χ4v) is 1.41. The van der Waals surface area contributed by atoms with Gasteiger partial charge in [-0.1, -0.05) is 13.8 Å². The summed E-state index contributed by atoms with van der Waals surface area (Å²) >= 11 is 0. The number of hydrogen-bond donors (Lipinski definition) is 0. The summed E-state index contributed by atoms with van der Waals surface area (Å²) < 4.78 is 0. The Hall–Kier alpha value is -1.12. The number of rotatable bonds is 3. The number of aryl methyl sites for hydroxylation is 1. The van der Waals surface area contributed by atoms with Crippen LogP contribution in [0.3, 0.4) is 0 Å². The lowest BCUT2D eigenvalue weighted by Gasteiger charge is -2.21. The van der Waals surface area contributed by atoms with Gasteiger partial charge in [0, 0.05) is 26.0 Å². The second-order valence-electron chi connectivity index (χ2n) is 3.74. The number of hydrogen-bond acceptors (Lipinski definition) is 3. The van der Waals surface area contributed by atoms with Crippen molar-refractivity contribution < 1.29 is 0 Å². The zero-order valence-electron chi connectivity index (χ0n) is 8.78. The van der Waals surface area contributed by atoms with Gasteiger partial charge in [0.2, 0.25) is 0 Å². The lowest BCUT2D eigenvalue weighted by Crippen LogP contribution is -2.24. The molecule has 0 aliphatic carbocycles. The molecule has 72 valence electrons. The molecule has 0 unspecified atom stereocenters. The van der Waals surface area contributed by atoms with Gasteiger partial charge in [-0.3, -0.25) is 4.98 Å². The van der Waals surface area contributed by atoms with E-state index in [4.69, 9.17) is 0 Å². The Kier molecular flexibility index (Phi) is 3.23. The first kappa shape index (κ1) is 9.96. The molecule has 0 saturated heterocycles. The minimum atomic E-state index is 0.645. The molecule has 0 bridgehead atoms. The molecule has 0 saturated carbocycles. The maximum absolute atomic E-state index is 4.29. The average Bonchev–Trinajstić information content (AvgIpc) is 2.03. The standard InChI is InChI=1S/C10H17N3/c1-8(2)7-13(4)10-9(3)11-5-6-12-10/h5-6,8H,7H2,1-4H3. The molecule has 0 atom stereocenters. The molecule has 3 heteroatoms. The van der Waals surface area contributed by atoms with Crippen molar-refractivity contribution in [1.82, 2.24) is 9.97 Å². The van der Waals surface area contributed by atoms with Gasteiger partial charge in [0.25, 0.3) is 0 Å². The predicted octanol–water partition coefficient (Wildman–Crippen LogP) is 1.88. The van der Waals surface area contributed by atoms with Crippen molar-refractivity contribution in [1.29, 1.82) is 0 Å². The highest BCUT2D eigenvalue weighted by Crippen LogP contribution is 2.12. The van der Waals surface area contributed by atoms with Gasteiger partial charge in [-0.25, -0.2) is 4.98 Å². The van der Waals surface area contributed by atoms with Crippen LogP contribution in [0.4, 0.5) is 5.82 Å². The molecule has 0 fully saturated rings. The molecule has 0 N–H and O–H groups in total. The normalized spacial score (nSPS) is 10.5. The van der Waals surface area contributed by atoms with Crippen LogP contribution in [-0.2, 0) is 0 Å². The van der Waals surface area contributed by atoms with Gasteiger partial charge >= 0.3 is 0 Å². The van der Waals surface area contributed by atoms with Crippen molar-refractivity contribution in [3.8, 4) is 0 Å². The second kappa shape index (κ2) is 4.21. The van der Waals surface area contributed by atoms with E-state index in [9.17, 15) is 0 Å². The first-order valence-corrected chi connectivity index (χ1v) is 4.60. The van der Waals surface area contributed by atoms with Crippen LogP contribution in [0.15, 0.2) is 12.4 Å². The molecule has 0 amide bonds. The molecule has 0 aliphatic heterocycles. The Morgan fingerprint density at radius 2 is 1.92 bits per heavy atom. The van der Waals surface area contributed by atoms with Crippen molar-refractivity contribution in [3.63, 3.8) is 0 Å². The topological polar surface area (TPSA) is 29.0 Å². The molecule has 1 heterocycles. The molecule has 3 nitrogen and oxygen atoms in total. The number of anilines is 1. The van der Waals surface area contributed by atoms with E-state index >= 15 is 0 Å². The summed E-state index contributed by atoms with van der Waals surface area (Å²) in [5.74, 6) is 1.63. The molecule has 0 aromatic carbocycles. The van der Waals surface area contributed by atoms with Gasteiger partial charge in [0.05, 0.1) is 5.69 Å². The van der Waals surface area contributed by atoms with Gasteiger partial charge in [-0.05, 0) is 12.8 Å². The van der Waals surface area contributed by atoms with Crippen LogP contribution in [0.1, 0.15) is 19.5 Å². The van der Waals surface area contributed by atoms with Gasteiger partial charge in [0.15, 0.2) is 0 Å². The Labute approximate surface area is 79.8 Å². The van der Waals surface area contributed by atoms with Crippen molar-refractivity contribution in [2.45, 2.75) is 20.8 Å². The largest absolute Gasteiger partial charge is 0.358 e. The van der Waals surface area contributed by atoms with Crippen LogP contribution in [-0.4, -0.2) is 23.6 Å². The molecular formula is C10H17N3. The number of aromatic nitrogens is 2. The smallest absolute Gasteiger partial charge is 0.149 e. The van der Waals surface area contributed by atoms with Crippen molar-refractivity contribution >= 4 is 5.82 Å². The van der Waals surface area contributed by atoms with E-state index in [2.05, 4.69) is 35.8 Å². The minimum Gasteiger partial charge on any atom is -0.358 e. The van der Waals surface area contributed by atoms with E-state index in [0.29, 0.717) is 5.92 Å². The summed E-state index contributed by atoms with van der Waals surface area (Å²) in [5.41, 5.74) is 0.991. The molecule has 13 heavy (non-hydrogen) atoms. The Bertz CT molecular complexity index is 271. The second-order valence-corrected chi connectivity index (χ2v) is 3.74. The van der Waals surface area contributed by atoms with E-state index < -0.39 is 0 Å². The molecule has 1 aromatic heterocycles. The third kappa shape index (κ3) is 2.68. The Morgan fingerprint density at radius 3 is 2.46 bits per heavy atom. The van der Waals surface area contributed by atoms with Gasteiger partial charge < -0.3 is 4.90 Å². The van der Waals surface area contributed by atoms with E-state index in [1.165, 1.54) is 0 Å². The molecule has 0 radical (unpaired) electrons. The Morgan fingerprint density at radius 1 is 1.31 bits per heavy atom. The van der Waals surface area contributed by atoms with Gasteiger partial charge in [-0.15, -0.1) is 0 Å². The summed E-state index contributed by atoms with van der Waals surface area (Å²) in [6.07, 6.45) is 3.46. The minimum absolute atomic E-state index is 0.645. The fraction of sp³-hybridized carbons (Fsp3) is 0.600. The lowest BCUT2D eigenvalue weighted by atomic mass is 10.2. The summed E-state index contributed by atoms with van der Waals surface area (Å²) in [7, 11) is 2.05. The highest BCUT2D eigenvalue weighted by molar-refractivity contribution is 5.40. The summed E-state index contributed by atoms with van der Waals surface area (Å²) in [6.45, 7) is 7.39. The summed E-state index contributed by atoms with van der Waals surface area (Å²) in [4.78, 5) is 10.6. The van der Waals surface area contributed by atoms with Crippen molar-refractivity contribution in [3.05, 3.63) is 18.1 Å². The molecule has 0 spiro atoms. The highest BCUT2D eigenvalue weighted by Gasteiger charge is 2.07. The quantitative estimate of drug-likeness (QED) is 0.709. The third-order valence-electron chi connectivity index (χ3n) is 1.86. The summed E-state index contributed by atoms with van der Waals surface area (Å²) in [6, 6.07) is 0. The van der Waals surface area contributed by atoms with Crippen LogP contribution in [0.5, 0.6) is 0 Å². The average molecular weight is 179 g/mol. The highest BCUT2D eigenvalue weighted by atomic mass is 15.2. The van der Waals surface area contributed by atoms with Gasteiger partial charge in [0.1, 0.15) is 5.82 Å². The van der Waals surface area contributed by atoms with E-state index in [-0.39, 0.29) is 0 Å². The first-order chi connectivity index (χ1) is 6.11.